The lowest BCUT2D eigenvalue weighted by atomic mass is 9.83. The Hall–Kier alpha value is -2.47. The van der Waals surface area contributed by atoms with Crippen molar-refractivity contribution < 1.29 is 19.1 Å². The minimum absolute atomic E-state index is 0.0873. The van der Waals surface area contributed by atoms with E-state index >= 15 is 0 Å². The number of benzene rings is 1. The molecular weight excluding hydrogens is 341 g/mol. The average Bonchev–Trinajstić information content (AvgIpc) is 3.15. The number of hydrogen-bond acceptors (Lipinski definition) is 4. The maximum atomic E-state index is 13.3. The average molecular weight is 359 g/mol. The molecule has 1 aromatic heterocycles. The highest BCUT2D eigenvalue weighted by atomic mass is 32.1. The molecule has 2 heterocycles. The fourth-order valence-electron chi connectivity index (χ4n) is 2.83. The molecule has 2 aromatic rings. The number of carbonyl (C=O) groups is 2. The number of aliphatic hydroxyl groups excluding tert-OH is 1. The second-order valence-corrected chi connectivity index (χ2v) is 7.89. The first-order chi connectivity index (χ1) is 11.7. The first-order valence-corrected chi connectivity index (χ1v) is 8.70. The van der Waals surface area contributed by atoms with Crippen LogP contribution in [0.4, 0.5) is 10.1 Å². The van der Waals surface area contributed by atoms with Crippen LogP contribution in [0.1, 0.15) is 31.7 Å². The third kappa shape index (κ3) is 2.98. The molecule has 3 rings (SSSR count). The molecule has 0 spiro atoms. The Morgan fingerprint density at radius 3 is 2.36 bits per heavy atom. The van der Waals surface area contributed by atoms with E-state index in [1.807, 2.05) is 17.5 Å². The number of thiophene rings is 1. The Morgan fingerprint density at radius 2 is 1.84 bits per heavy atom. The zero-order valence-corrected chi connectivity index (χ0v) is 14.9. The number of nitrogens with zero attached hydrogens (tertiary/aromatic N) is 1. The van der Waals surface area contributed by atoms with Gasteiger partial charge in [0.1, 0.15) is 11.9 Å². The Bertz CT molecular complexity index is 848. The first-order valence-electron chi connectivity index (χ1n) is 7.82. The number of carbonyl (C=O) groups excluding carboxylic acids is 2. The van der Waals surface area contributed by atoms with E-state index in [4.69, 9.17) is 0 Å². The van der Waals surface area contributed by atoms with Crippen LogP contribution in [0.5, 0.6) is 0 Å². The van der Waals surface area contributed by atoms with Gasteiger partial charge in [-0.05, 0) is 35.7 Å². The highest BCUT2D eigenvalue weighted by Gasteiger charge is 2.47. The third-order valence-electron chi connectivity index (χ3n) is 4.05. The summed E-state index contributed by atoms with van der Waals surface area (Å²) in [7, 11) is 0. The largest absolute Gasteiger partial charge is 0.503 e. The van der Waals surface area contributed by atoms with Gasteiger partial charge in [0.2, 0.25) is 0 Å². The molecule has 0 saturated heterocycles. The Balaban J connectivity index is 2.16. The van der Waals surface area contributed by atoms with Gasteiger partial charge in [-0.1, -0.05) is 26.8 Å². The van der Waals surface area contributed by atoms with Crippen molar-refractivity contribution >= 4 is 28.7 Å². The molecule has 1 N–H and O–H groups in total. The highest BCUT2D eigenvalue weighted by Crippen LogP contribution is 2.44. The zero-order chi connectivity index (χ0) is 18.4. The van der Waals surface area contributed by atoms with Gasteiger partial charge in [-0.15, -0.1) is 11.3 Å². The molecule has 0 aliphatic carbocycles. The smallest absolute Gasteiger partial charge is 0.294 e. The summed E-state index contributed by atoms with van der Waals surface area (Å²) in [5.74, 6) is -1.91. The van der Waals surface area contributed by atoms with Crippen molar-refractivity contribution in [2.45, 2.75) is 26.8 Å². The molecule has 0 bridgehead atoms. The van der Waals surface area contributed by atoms with Gasteiger partial charge in [-0.3, -0.25) is 14.5 Å². The Labute approximate surface area is 149 Å². The molecule has 1 aliphatic rings. The van der Waals surface area contributed by atoms with Gasteiger partial charge in [0, 0.05) is 16.0 Å². The minimum Gasteiger partial charge on any atom is -0.503 e. The number of aliphatic hydroxyl groups is 1. The molecule has 1 amide bonds. The quantitative estimate of drug-likeness (QED) is 0.883. The van der Waals surface area contributed by atoms with E-state index in [1.54, 1.807) is 20.8 Å². The summed E-state index contributed by atoms with van der Waals surface area (Å²) in [6.45, 7) is 5.23. The summed E-state index contributed by atoms with van der Waals surface area (Å²) in [5.41, 5.74) is -0.241. The summed E-state index contributed by atoms with van der Waals surface area (Å²) in [4.78, 5) is 27.7. The van der Waals surface area contributed by atoms with Crippen molar-refractivity contribution in [3.63, 3.8) is 0 Å². The molecule has 1 aromatic carbocycles. The van der Waals surface area contributed by atoms with E-state index in [-0.39, 0.29) is 11.4 Å². The van der Waals surface area contributed by atoms with Crippen molar-refractivity contribution in [3.05, 3.63) is 63.8 Å². The molecule has 1 aliphatic heterocycles. The molecule has 130 valence electrons. The Kier molecular flexibility index (Phi) is 4.24. The summed E-state index contributed by atoms with van der Waals surface area (Å²) in [6, 6.07) is 8.33. The van der Waals surface area contributed by atoms with Crippen LogP contribution in [-0.2, 0) is 9.59 Å². The maximum Gasteiger partial charge on any atom is 0.294 e. The minimum atomic E-state index is -0.752. The molecule has 0 saturated carbocycles. The van der Waals surface area contributed by atoms with E-state index in [0.717, 1.165) is 4.88 Å². The van der Waals surface area contributed by atoms with Crippen LogP contribution in [0, 0.1) is 11.2 Å². The molecule has 4 nitrogen and oxygen atoms in total. The molecule has 0 radical (unpaired) electrons. The highest BCUT2D eigenvalue weighted by molar-refractivity contribution is 7.10. The number of halogens is 1. The second kappa shape index (κ2) is 6.11. The summed E-state index contributed by atoms with van der Waals surface area (Å²) in [5, 5.41) is 12.3. The van der Waals surface area contributed by atoms with Gasteiger partial charge in [0.05, 0.1) is 5.57 Å². The normalized spacial score (nSPS) is 18.2. The summed E-state index contributed by atoms with van der Waals surface area (Å²) in [6.07, 6.45) is 0. The third-order valence-corrected chi connectivity index (χ3v) is 4.98. The van der Waals surface area contributed by atoms with Crippen molar-refractivity contribution in [2.24, 2.45) is 5.41 Å². The molecule has 25 heavy (non-hydrogen) atoms. The fraction of sp³-hybridized carbons (Fsp3) is 0.263. The monoisotopic (exact) mass is 359 g/mol. The number of hydrogen-bond donors (Lipinski definition) is 1. The van der Waals surface area contributed by atoms with E-state index < -0.39 is 28.9 Å². The first kappa shape index (κ1) is 17.4. The van der Waals surface area contributed by atoms with E-state index in [1.165, 1.54) is 40.5 Å². The van der Waals surface area contributed by atoms with Crippen LogP contribution in [-0.4, -0.2) is 16.8 Å². The van der Waals surface area contributed by atoms with Crippen molar-refractivity contribution in [1.82, 2.24) is 0 Å². The van der Waals surface area contributed by atoms with Gasteiger partial charge in [0.25, 0.3) is 5.91 Å². The van der Waals surface area contributed by atoms with E-state index in [9.17, 15) is 19.1 Å². The number of amides is 1. The van der Waals surface area contributed by atoms with Gasteiger partial charge in [-0.25, -0.2) is 4.39 Å². The van der Waals surface area contributed by atoms with E-state index in [2.05, 4.69) is 0 Å². The molecule has 1 unspecified atom stereocenters. The Morgan fingerprint density at radius 1 is 1.20 bits per heavy atom. The van der Waals surface area contributed by atoms with Crippen molar-refractivity contribution in [3.8, 4) is 0 Å². The summed E-state index contributed by atoms with van der Waals surface area (Å²) >= 11 is 1.39. The van der Waals surface area contributed by atoms with E-state index in [0.29, 0.717) is 5.69 Å². The lowest BCUT2D eigenvalue weighted by Gasteiger charge is -2.27. The number of Topliss-reactive ketones (excluding diaryl/α,β-unsaturated/α-hetero) is 1. The van der Waals surface area contributed by atoms with Crippen LogP contribution < -0.4 is 4.90 Å². The lowest BCUT2D eigenvalue weighted by molar-refractivity contribution is -0.123. The molecule has 1 atom stereocenters. The van der Waals surface area contributed by atoms with Crippen LogP contribution in [0.3, 0.4) is 0 Å². The van der Waals surface area contributed by atoms with Crippen LogP contribution in [0.15, 0.2) is 53.1 Å². The fourth-order valence-corrected chi connectivity index (χ4v) is 3.65. The van der Waals surface area contributed by atoms with Crippen LogP contribution >= 0.6 is 11.3 Å². The van der Waals surface area contributed by atoms with Crippen molar-refractivity contribution in [2.75, 3.05) is 4.90 Å². The number of ketones is 1. The van der Waals surface area contributed by atoms with Crippen LogP contribution in [0.2, 0.25) is 0 Å². The topological polar surface area (TPSA) is 57.6 Å². The predicted octanol–water partition coefficient (Wildman–Crippen LogP) is 4.40. The maximum absolute atomic E-state index is 13.3. The molecule has 6 heteroatoms. The van der Waals surface area contributed by atoms with Crippen molar-refractivity contribution in [1.29, 1.82) is 0 Å². The SMILES string of the molecule is CC(C)(C)C(=O)C1=C(O)C(=O)N(c2ccc(F)cc2)C1c1cccs1. The van der Waals surface area contributed by atoms with Gasteiger partial charge < -0.3 is 5.11 Å². The lowest BCUT2D eigenvalue weighted by Crippen LogP contribution is -2.32. The summed E-state index contributed by atoms with van der Waals surface area (Å²) < 4.78 is 13.3. The van der Waals surface area contributed by atoms with Gasteiger partial charge >= 0.3 is 0 Å². The van der Waals surface area contributed by atoms with Gasteiger partial charge in [-0.2, -0.15) is 0 Å². The molecule has 0 fully saturated rings. The van der Waals surface area contributed by atoms with Crippen LogP contribution in [0.25, 0.3) is 0 Å². The number of anilines is 1. The standard InChI is InChI=1S/C19H18FNO3S/c1-19(2,3)17(23)14-15(13-5-4-10-25-13)21(18(24)16(14)22)12-8-6-11(20)7-9-12/h4-10,15,22H,1-3H3. The molecular formula is C19H18FNO3S. The number of rotatable bonds is 3. The predicted molar refractivity (Wildman–Crippen MR) is 95.1 cm³/mol. The zero-order valence-electron chi connectivity index (χ0n) is 14.1. The second-order valence-electron chi connectivity index (χ2n) is 6.91. The van der Waals surface area contributed by atoms with Gasteiger partial charge in [0.15, 0.2) is 11.5 Å².